The highest BCUT2D eigenvalue weighted by atomic mass is 32.2. The molecule has 8 nitrogen and oxygen atoms in total. The lowest BCUT2D eigenvalue weighted by Gasteiger charge is -2.32. The van der Waals surface area contributed by atoms with Gasteiger partial charge in [-0.05, 0) is 57.4 Å². The van der Waals surface area contributed by atoms with Crippen molar-refractivity contribution in [2.24, 2.45) is 5.92 Å². The minimum Gasteiger partial charge on any atom is -0.353 e. The Morgan fingerprint density at radius 2 is 2.03 bits per heavy atom. The lowest BCUT2D eigenvalue weighted by Crippen LogP contribution is -2.45. The number of rotatable bonds is 10. The van der Waals surface area contributed by atoms with Crippen LogP contribution in [0.15, 0.2) is 23.1 Å². The second-order valence-corrected chi connectivity index (χ2v) is 11.5. The molecule has 0 saturated carbocycles. The molecule has 2 aromatic rings. The fourth-order valence-corrected chi connectivity index (χ4v) is 5.53. The zero-order chi connectivity index (χ0) is 24.2. The van der Waals surface area contributed by atoms with Crippen LogP contribution in [0.25, 0.3) is 11.0 Å². The summed E-state index contributed by atoms with van der Waals surface area (Å²) in [4.78, 5) is 20.2. The van der Waals surface area contributed by atoms with Gasteiger partial charge in [0, 0.05) is 33.2 Å². The SMILES string of the molecule is CCCC(C)NC(=O)C1CCCN(Cc2nc3cc(S(=O)(=O)N(C)C)ccc3n2CCC)C1. The number of benzene rings is 1. The van der Waals surface area contributed by atoms with Crippen molar-refractivity contribution in [2.75, 3.05) is 27.2 Å². The quantitative estimate of drug-likeness (QED) is 0.568. The highest BCUT2D eigenvalue weighted by molar-refractivity contribution is 7.89. The number of aromatic nitrogens is 2. The molecule has 0 aliphatic carbocycles. The molecule has 1 saturated heterocycles. The average Bonchev–Trinajstić information content (AvgIpc) is 3.10. The number of carbonyl (C=O) groups is 1. The topological polar surface area (TPSA) is 87.5 Å². The summed E-state index contributed by atoms with van der Waals surface area (Å²) in [5.74, 6) is 1.08. The van der Waals surface area contributed by atoms with E-state index in [1.54, 1.807) is 12.1 Å². The van der Waals surface area contributed by atoms with E-state index in [1.807, 2.05) is 6.07 Å². The Hall–Kier alpha value is -1.97. The molecule has 1 aromatic carbocycles. The third-order valence-electron chi connectivity index (χ3n) is 6.38. The second kappa shape index (κ2) is 11.0. The van der Waals surface area contributed by atoms with Crippen molar-refractivity contribution in [3.8, 4) is 0 Å². The molecule has 2 heterocycles. The van der Waals surface area contributed by atoms with Crippen LogP contribution in [0.5, 0.6) is 0 Å². The number of amides is 1. The number of imidazole rings is 1. The first kappa shape index (κ1) is 25.6. The molecular formula is C24H39N5O3S. The van der Waals surface area contributed by atoms with Crippen LogP contribution in [0.4, 0.5) is 0 Å². The highest BCUT2D eigenvalue weighted by Gasteiger charge is 2.28. The highest BCUT2D eigenvalue weighted by Crippen LogP contribution is 2.25. The molecule has 2 unspecified atom stereocenters. The van der Waals surface area contributed by atoms with Gasteiger partial charge >= 0.3 is 0 Å². The van der Waals surface area contributed by atoms with Crippen molar-refractivity contribution >= 4 is 27.0 Å². The normalized spacial score (nSPS) is 18.7. The Kier molecular flexibility index (Phi) is 8.53. The van der Waals surface area contributed by atoms with E-state index in [0.717, 1.165) is 63.1 Å². The zero-order valence-electron chi connectivity index (χ0n) is 20.7. The number of piperidine rings is 1. The predicted octanol–water partition coefficient (Wildman–Crippen LogP) is 3.21. The first-order valence-electron chi connectivity index (χ1n) is 12.1. The van der Waals surface area contributed by atoms with Crippen molar-refractivity contribution in [1.82, 2.24) is 24.1 Å². The van der Waals surface area contributed by atoms with Crippen molar-refractivity contribution in [2.45, 2.75) is 76.9 Å². The predicted molar refractivity (Wildman–Crippen MR) is 131 cm³/mol. The summed E-state index contributed by atoms with van der Waals surface area (Å²) in [7, 11) is -0.445. The largest absolute Gasteiger partial charge is 0.353 e. The summed E-state index contributed by atoms with van der Waals surface area (Å²) in [5.41, 5.74) is 1.64. The molecule has 0 bridgehead atoms. The van der Waals surface area contributed by atoms with E-state index in [1.165, 1.54) is 18.4 Å². The molecule has 0 radical (unpaired) electrons. The summed E-state index contributed by atoms with van der Waals surface area (Å²) in [6.07, 6.45) is 4.91. The number of sulfonamides is 1. The van der Waals surface area contributed by atoms with Gasteiger partial charge in [-0.2, -0.15) is 0 Å². The van der Waals surface area contributed by atoms with Crippen molar-refractivity contribution in [1.29, 1.82) is 0 Å². The third-order valence-corrected chi connectivity index (χ3v) is 8.19. The van der Waals surface area contributed by atoms with E-state index in [9.17, 15) is 13.2 Å². The molecule has 1 amide bonds. The van der Waals surface area contributed by atoms with Gasteiger partial charge < -0.3 is 9.88 Å². The third kappa shape index (κ3) is 5.94. The van der Waals surface area contributed by atoms with Crippen LogP contribution in [-0.4, -0.2) is 66.3 Å². The number of carbonyl (C=O) groups excluding carboxylic acids is 1. The smallest absolute Gasteiger partial charge is 0.242 e. The Morgan fingerprint density at radius 1 is 1.27 bits per heavy atom. The van der Waals surface area contributed by atoms with Crippen LogP contribution in [0.2, 0.25) is 0 Å². The van der Waals surface area contributed by atoms with Gasteiger partial charge in [0.1, 0.15) is 5.82 Å². The number of hydrogen-bond donors (Lipinski definition) is 1. The summed E-state index contributed by atoms with van der Waals surface area (Å²) < 4.78 is 28.6. The van der Waals surface area contributed by atoms with E-state index in [4.69, 9.17) is 4.98 Å². The number of nitrogens with zero attached hydrogens (tertiary/aromatic N) is 4. The minimum absolute atomic E-state index is 0.00102. The van der Waals surface area contributed by atoms with E-state index in [-0.39, 0.29) is 22.8 Å². The number of hydrogen-bond acceptors (Lipinski definition) is 5. The van der Waals surface area contributed by atoms with Gasteiger partial charge in [0.25, 0.3) is 0 Å². The van der Waals surface area contributed by atoms with Crippen LogP contribution < -0.4 is 5.32 Å². The minimum atomic E-state index is -3.51. The molecule has 1 aliphatic rings. The molecule has 9 heteroatoms. The molecule has 33 heavy (non-hydrogen) atoms. The molecule has 1 aliphatic heterocycles. The summed E-state index contributed by atoms with van der Waals surface area (Å²) in [5, 5.41) is 3.17. The summed E-state index contributed by atoms with van der Waals surface area (Å²) in [6, 6.07) is 5.40. The van der Waals surface area contributed by atoms with Gasteiger partial charge in [-0.1, -0.05) is 20.3 Å². The first-order valence-corrected chi connectivity index (χ1v) is 13.6. The van der Waals surface area contributed by atoms with Gasteiger partial charge in [-0.15, -0.1) is 0 Å². The average molecular weight is 478 g/mol. The number of aryl methyl sites for hydroxylation is 1. The van der Waals surface area contributed by atoms with Gasteiger partial charge in [0.2, 0.25) is 15.9 Å². The Bertz CT molecular complexity index is 1060. The van der Waals surface area contributed by atoms with E-state index >= 15 is 0 Å². The Labute approximate surface area is 198 Å². The molecule has 1 aromatic heterocycles. The Morgan fingerprint density at radius 3 is 2.70 bits per heavy atom. The van der Waals surface area contributed by atoms with Crippen LogP contribution >= 0.6 is 0 Å². The van der Waals surface area contributed by atoms with Crippen molar-refractivity contribution in [3.63, 3.8) is 0 Å². The lowest BCUT2D eigenvalue weighted by molar-refractivity contribution is -0.127. The van der Waals surface area contributed by atoms with Crippen LogP contribution in [-0.2, 0) is 27.9 Å². The summed E-state index contributed by atoms with van der Waals surface area (Å²) in [6.45, 7) is 9.45. The lowest BCUT2D eigenvalue weighted by atomic mass is 9.96. The molecular weight excluding hydrogens is 438 g/mol. The number of nitrogens with one attached hydrogen (secondary N) is 1. The monoisotopic (exact) mass is 477 g/mol. The second-order valence-electron chi connectivity index (χ2n) is 9.39. The van der Waals surface area contributed by atoms with Crippen LogP contribution in [0.3, 0.4) is 0 Å². The molecule has 0 spiro atoms. The first-order chi connectivity index (χ1) is 15.7. The fourth-order valence-electron chi connectivity index (χ4n) is 4.60. The number of likely N-dealkylation sites (tertiary alicyclic amines) is 1. The van der Waals surface area contributed by atoms with Crippen molar-refractivity contribution in [3.05, 3.63) is 24.0 Å². The van der Waals surface area contributed by atoms with E-state index in [2.05, 4.69) is 35.6 Å². The molecule has 3 rings (SSSR count). The standard InChI is InChI=1S/C24H39N5O3S/c1-6-9-18(3)25-24(30)19-10-8-14-28(16-19)17-23-26-21-15-20(33(31,32)27(4)5)11-12-22(21)29(23)13-7-2/h11-12,15,18-19H,6-10,13-14,16-17H2,1-5H3,(H,25,30). The zero-order valence-corrected chi connectivity index (χ0v) is 21.5. The van der Waals surface area contributed by atoms with Gasteiger partial charge in [0.05, 0.1) is 28.4 Å². The molecule has 1 fully saturated rings. The van der Waals surface area contributed by atoms with E-state index < -0.39 is 10.0 Å². The maximum atomic E-state index is 12.8. The molecule has 2 atom stereocenters. The van der Waals surface area contributed by atoms with Crippen molar-refractivity contribution < 1.29 is 13.2 Å². The maximum Gasteiger partial charge on any atom is 0.242 e. The molecule has 1 N–H and O–H groups in total. The van der Waals surface area contributed by atoms with Gasteiger partial charge in [0.15, 0.2) is 0 Å². The Balaban J connectivity index is 1.81. The molecule has 184 valence electrons. The van der Waals surface area contributed by atoms with Gasteiger partial charge in [-0.25, -0.2) is 17.7 Å². The summed E-state index contributed by atoms with van der Waals surface area (Å²) >= 11 is 0. The maximum absolute atomic E-state index is 12.8. The van der Waals surface area contributed by atoms with E-state index in [0.29, 0.717) is 12.1 Å². The fraction of sp³-hybridized carbons (Fsp3) is 0.667. The van der Waals surface area contributed by atoms with Gasteiger partial charge in [-0.3, -0.25) is 9.69 Å². The van der Waals surface area contributed by atoms with Crippen LogP contribution in [0.1, 0.15) is 58.7 Å². The van der Waals surface area contributed by atoms with Crippen LogP contribution in [0, 0.1) is 5.92 Å². The number of fused-ring (bicyclic) bond motifs is 1.